The molecule has 1 saturated heterocycles. The van der Waals surface area contributed by atoms with Crippen molar-refractivity contribution >= 4 is 5.97 Å². The largest absolute Gasteiger partial charge is 0.475 e. The van der Waals surface area contributed by atoms with Crippen molar-refractivity contribution in [1.82, 2.24) is 15.1 Å². The lowest BCUT2D eigenvalue weighted by molar-refractivity contribution is 0.0661. The van der Waals surface area contributed by atoms with E-state index in [4.69, 9.17) is 9.52 Å². The number of carbonyl (C=O) groups is 1. The van der Waals surface area contributed by atoms with Gasteiger partial charge in [-0.25, -0.2) is 4.79 Å². The Balaban J connectivity index is 1.85. The Morgan fingerprint density at radius 2 is 2.25 bits per heavy atom. The lowest BCUT2D eigenvalue weighted by Gasteiger charge is -2.37. The number of nitrogens with one attached hydrogen (secondary N) is 1. The van der Waals surface area contributed by atoms with Crippen molar-refractivity contribution in [2.45, 2.75) is 19.5 Å². The average molecular weight is 281 g/mol. The number of rotatable bonds is 5. The molecule has 2 rings (SSSR count). The van der Waals surface area contributed by atoms with Crippen LogP contribution in [0.5, 0.6) is 0 Å². The van der Waals surface area contributed by atoms with Gasteiger partial charge in [-0.05, 0) is 27.1 Å². The van der Waals surface area contributed by atoms with Crippen LogP contribution in [0.4, 0.5) is 0 Å². The SMILES string of the molecule is Cc1oc(C(=O)O)cc1CNCC1CN(C)CCN1C. The van der Waals surface area contributed by atoms with Crippen molar-refractivity contribution in [2.75, 3.05) is 40.3 Å². The number of piperazine rings is 1. The van der Waals surface area contributed by atoms with Gasteiger partial charge in [-0.2, -0.15) is 0 Å². The normalized spacial score (nSPS) is 21.2. The standard InChI is InChI=1S/C14H23N3O3/c1-10-11(6-13(20-10)14(18)19)7-15-8-12-9-16(2)4-5-17(12)3/h6,12,15H,4-5,7-9H2,1-3H3,(H,18,19). The van der Waals surface area contributed by atoms with E-state index in [2.05, 4.69) is 29.2 Å². The van der Waals surface area contributed by atoms with E-state index in [1.54, 1.807) is 13.0 Å². The second-order valence-electron chi connectivity index (χ2n) is 5.52. The van der Waals surface area contributed by atoms with E-state index in [9.17, 15) is 4.79 Å². The predicted octanol–water partition coefficient (Wildman–Crippen LogP) is 0.622. The first-order valence-corrected chi connectivity index (χ1v) is 6.89. The lowest BCUT2D eigenvalue weighted by atomic mass is 10.1. The summed E-state index contributed by atoms with van der Waals surface area (Å²) in [6.45, 7) is 6.55. The molecule has 0 aliphatic carbocycles. The van der Waals surface area contributed by atoms with E-state index in [-0.39, 0.29) is 5.76 Å². The highest BCUT2D eigenvalue weighted by atomic mass is 16.4. The first-order valence-electron chi connectivity index (χ1n) is 6.89. The Bertz CT molecular complexity index is 472. The van der Waals surface area contributed by atoms with Crippen molar-refractivity contribution in [1.29, 1.82) is 0 Å². The number of hydrogen-bond acceptors (Lipinski definition) is 5. The van der Waals surface area contributed by atoms with Crippen LogP contribution < -0.4 is 5.32 Å². The molecule has 2 N–H and O–H groups in total. The number of nitrogens with zero attached hydrogens (tertiary/aromatic N) is 2. The summed E-state index contributed by atoms with van der Waals surface area (Å²) in [5.74, 6) is -0.342. The molecular weight excluding hydrogens is 258 g/mol. The second kappa shape index (κ2) is 6.39. The Hall–Kier alpha value is -1.37. The molecule has 0 spiro atoms. The molecule has 0 radical (unpaired) electrons. The predicted molar refractivity (Wildman–Crippen MR) is 76.0 cm³/mol. The van der Waals surface area contributed by atoms with Crippen molar-refractivity contribution < 1.29 is 14.3 Å². The molecule has 0 aromatic carbocycles. The fourth-order valence-corrected chi connectivity index (χ4v) is 2.50. The second-order valence-corrected chi connectivity index (χ2v) is 5.52. The number of aryl methyl sites for hydroxylation is 1. The third-order valence-electron chi connectivity index (χ3n) is 3.91. The molecule has 1 aliphatic heterocycles. The molecule has 1 unspecified atom stereocenters. The number of hydrogen-bond donors (Lipinski definition) is 2. The van der Waals surface area contributed by atoms with E-state index in [1.807, 2.05) is 0 Å². The Kier molecular flexibility index (Phi) is 4.80. The van der Waals surface area contributed by atoms with Gasteiger partial charge in [-0.3, -0.25) is 4.90 Å². The molecule has 1 aromatic heterocycles. The quantitative estimate of drug-likeness (QED) is 0.825. The van der Waals surface area contributed by atoms with Crippen LogP contribution >= 0.6 is 0 Å². The average Bonchev–Trinajstić information content (AvgIpc) is 2.76. The van der Waals surface area contributed by atoms with Gasteiger partial charge < -0.3 is 19.7 Å². The number of furan rings is 1. The first-order chi connectivity index (χ1) is 9.47. The van der Waals surface area contributed by atoms with Crippen LogP contribution in [0.15, 0.2) is 10.5 Å². The van der Waals surface area contributed by atoms with Crippen LogP contribution in [0.2, 0.25) is 0 Å². The van der Waals surface area contributed by atoms with Crippen molar-refractivity contribution in [3.8, 4) is 0 Å². The summed E-state index contributed by atoms with van der Waals surface area (Å²) >= 11 is 0. The molecule has 1 aliphatic rings. The zero-order valence-corrected chi connectivity index (χ0v) is 12.3. The van der Waals surface area contributed by atoms with Crippen molar-refractivity contribution in [3.63, 3.8) is 0 Å². The zero-order valence-electron chi connectivity index (χ0n) is 12.3. The summed E-state index contributed by atoms with van der Waals surface area (Å²) in [7, 11) is 4.28. The molecule has 6 nitrogen and oxygen atoms in total. The monoisotopic (exact) mass is 281 g/mol. The molecule has 1 atom stereocenters. The fraction of sp³-hybridized carbons (Fsp3) is 0.643. The summed E-state index contributed by atoms with van der Waals surface area (Å²) < 4.78 is 5.20. The number of carboxylic acid groups (broad SMARTS) is 1. The van der Waals surface area contributed by atoms with Gasteiger partial charge in [-0.1, -0.05) is 0 Å². The molecule has 1 aromatic rings. The van der Waals surface area contributed by atoms with E-state index < -0.39 is 5.97 Å². The van der Waals surface area contributed by atoms with Crippen molar-refractivity contribution in [2.24, 2.45) is 0 Å². The lowest BCUT2D eigenvalue weighted by Crippen LogP contribution is -2.53. The van der Waals surface area contributed by atoms with Gasteiger partial charge in [-0.15, -0.1) is 0 Å². The zero-order chi connectivity index (χ0) is 14.7. The van der Waals surface area contributed by atoms with Gasteiger partial charge in [0.2, 0.25) is 5.76 Å². The third kappa shape index (κ3) is 3.59. The minimum atomic E-state index is -1.02. The van der Waals surface area contributed by atoms with E-state index in [0.29, 0.717) is 18.3 Å². The molecule has 2 heterocycles. The van der Waals surface area contributed by atoms with Gasteiger partial charge in [0, 0.05) is 44.3 Å². The molecule has 20 heavy (non-hydrogen) atoms. The van der Waals surface area contributed by atoms with Crippen LogP contribution in [0, 0.1) is 6.92 Å². The molecular formula is C14H23N3O3. The Morgan fingerprint density at radius 3 is 2.90 bits per heavy atom. The van der Waals surface area contributed by atoms with Gasteiger partial charge >= 0.3 is 5.97 Å². The smallest absolute Gasteiger partial charge is 0.371 e. The van der Waals surface area contributed by atoms with E-state index in [0.717, 1.165) is 31.7 Å². The molecule has 112 valence electrons. The van der Waals surface area contributed by atoms with Crippen LogP contribution in [0.1, 0.15) is 21.9 Å². The highest BCUT2D eigenvalue weighted by Crippen LogP contribution is 2.14. The van der Waals surface area contributed by atoms with Gasteiger partial charge in [0.05, 0.1) is 0 Å². The van der Waals surface area contributed by atoms with E-state index in [1.165, 1.54) is 0 Å². The maximum absolute atomic E-state index is 10.8. The van der Waals surface area contributed by atoms with Gasteiger partial charge in [0.1, 0.15) is 5.76 Å². The van der Waals surface area contributed by atoms with Crippen LogP contribution in [-0.2, 0) is 6.54 Å². The van der Waals surface area contributed by atoms with Crippen LogP contribution in [0.25, 0.3) is 0 Å². The summed E-state index contributed by atoms with van der Waals surface area (Å²) in [4.78, 5) is 15.5. The number of carboxylic acids is 1. The minimum absolute atomic E-state index is 0.00816. The van der Waals surface area contributed by atoms with Gasteiger partial charge in [0.25, 0.3) is 0 Å². The van der Waals surface area contributed by atoms with Gasteiger partial charge in [0.15, 0.2) is 0 Å². The Morgan fingerprint density at radius 1 is 1.50 bits per heavy atom. The minimum Gasteiger partial charge on any atom is -0.475 e. The maximum atomic E-state index is 10.8. The molecule has 0 bridgehead atoms. The molecule has 6 heteroatoms. The van der Waals surface area contributed by atoms with Crippen LogP contribution in [-0.4, -0.2) is 67.2 Å². The van der Waals surface area contributed by atoms with Crippen molar-refractivity contribution in [3.05, 3.63) is 23.2 Å². The fourth-order valence-electron chi connectivity index (χ4n) is 2.50. The highest BCUT2D eigenvalue weighted by Gasteiger charge is 2.21. The van der Waals surface area contributed by atoms with E-state index >= 15 is 0 Å². The first kappa shape index (κ1) is 15.0. The number of likely N-dealkylation sites (N-methyl/N-ethyl adjacent to an activating group) is 2. The third-order valence-corrected chi connectivity index (χ3v) is 3.91. The Labute approximate surface area is 119 Å². The summed E-state index contributed by atoms with van der Waals surface area (Å²) in [6.07, 6.45) is 0. The molecule has 0 saturated carbocycles. The van der Waals surface area contributed by atoms with Crippen LogP contribution in [0.3, 0.4) is 0 Å². The molecule has 0 amide bonds. The summed E-state index contributed by atoms with van der Waals surface area (Å²) in [6, 6.07) is 2.08. The highest BCUT2D eigenvalue weighted by molar-refractivity contribution is 5.84. The number of aromatic carboxylic acids is 1. The molecule has 1 fully saturated rings. The topological polar surface area (TPSA) is 68.9 Å². The maximum Gasteiger partial charge on any atom is 0.371 e. The summed E-state index contributed by atoms with van der Waals surface area (Å²) in [5.41, 5.74) is 0.911. The summed E-state index contributed by atoms with van der Waals surface area (Å²) in [5, 5.41) is 12.3.